The zero-order valence-electron chi connectivity index (χ0n) is 13.6. The Morgan fingerprint density at radius 3 is 2.44 bits per heavy atom. The van der Waals surface area contributed by atoms with Crippen molar-refractivity contribution in [3.63, 3.8) is 0 Å². The molecule has 5 nitrogen and oxygen atoms in total. The van der Waals surface area contributed by atoms with Crippen molar-refractivity contribution >= 4 is 24.1 Å². The standard InChI is InChI=1S/C19H18N4O.ClH/c24-19(15-9-5-2-6-10-15)21-18-16-11-20-12-17(16)23(22-18)13-14-7-3-1-4-8-14;/h1-10,20H,11-13H2,(H,21,22,24);1H. The molecule has 0 atom stereocenters. The lowest BCUT2D eigenvalue weighted by Gasteiger charge is -2.06. The van der Waals surface area contributed by atoms with Crippen LogP contribution in [0.15, 0.2) is 60.7 Å². The summed E-state index contributed by atoms with van der Waals surface area (Å²) in [6, 6.07) is 19.4. The molecule has 6 heteroatoms. The number of amides is 1. The SMILES string of the molecule is Cl.O=C(Nc1nn(Cc2ccccc2)c2c1CNC2)c1ccccc1. The van der Waals surface area contributed by atoms with Crippen molar-refractivity contribution in [1.82, 2.24) is 15.1 Å². The number of anilines is 1. The van der Waals surface area contributed by atoms with Gasteiger partial charge < -0.3 is 10.6 Å². The van der Waals surface area contributed by atoms with E-state index in [1.54, 1.807) is 12.1 Å². The van der Waals surface area contributed by atoms with Crippen molar-refractivity contribution < 1.29 is 4.79 Å². The highest BCUT2D eigenvalue weighted by molar-refractivity contribution is 6.04. The number of hydrogen-bond donors (Lipinski definition) is 2. The highest BCUT2D eigenvalue weighted by atomic mass is 35.5. The van der Waals surface area contributed by atoms with Crippen molar-refractivity contribution in [3.05, 3.63) is 83.0 Å². The van der Waals surface area contributed by atoms with E-state index in [1.165, 1.54) is 5.56 Å². The van der Waals surface area contributed by atoms with Crippen LogP contribution in [0, 0.1) is 0 Å². The van der Waals surface area contributed by atoms with Gasteiger partial charge in [0.25, 0.3) is 5.91 Å². The smallest absolute Gasteiger partial charge is 0.256 e. The van der Waals surface area contributed by atoms with Crippen LogP contribution in [0.25, 0.3) is 0 Å². The fourth-order valence-corrected chi connectivity index (χ4v) is 2.98. The Labute approximate surface area is 152 Å². The van der Waals surface area contributed by atoms with Gasteiger partial charge in [-0.25, -0.2) is 0 Å². The predicted octanol–water partition coefficient (Wildman–Crippen LogP) is 3.21. The molecule has 128 valence electrons. The number of nitrogens with zero attached hydrogens (tertiary/aromatic N) is 2. The van der Waals surface area contributed by atoms with Crippen molar-refractivity contribution in [1.29, 1.82) is 0 Å². The van der Waals surface area contributed by atoms with Crippen LogP contribution in [0.2, 0.25) is 0 Å². The maximum absolute atomic E-state index is 12.4. The number of hydrogen-bond acceptors (Lipinski definition) is 3. The quantitative estimate of drug-likeness (QED) is 0.756. The molecule has 0 radical (unpaired) electrons. The Morgan fingerprint density at radius 2 is 1.72 bits per heavy atom. The Kier molecular flexibility index (Phi) is 5.16. The summed E-state index contributed by atoms with van der Waals surface area (Å²) in [6.45, 7) is 2.21. The molecule has 0 bridgehead atoms. The monoisotopic (exact) mass is 354 g/mol. The van der Waals surface area contributed by atoms with Crippen LogP contribution in [0.5, 0.6) is 0 Å². The van der Waals surface area contributed by atoms with Crippen LogP contribution in [-0.4, -0.2) is 15.7 Å². The van der Waals surface area contributed by atoms with E-state index in [0.717, 1.165) is 24.3 Å². The van der Waals surface area contributed by atoms with Gasteiger partial charge in [0.1, 0.15) is 0 Å². The van der Waals surface area contributed by atoms with E-state index in [4.69, 9.17) is 0 Å². The molecule has 1 aliphatic heterocycles. The lowest BCUT2D eigenvalue weighted by molar-refractivity contribution is 0.102. The minimum absolute atomic E-state index is 0. The number of nitrogens with one attached hydrogen (secondary N) is 2. The van der Waals surface area contributed by atoms with Gasteiger partial charge in [0.05, 0.1) is 12.2 Å². The Bertz CT molecular complexity index is 862. The average molecular weight is 355 g/mol. The molecule has 0 spiro atoms. The summed E-state index contributed by atoms with van der Waals surface area (Å²) in [6.07, 6.45) is 0. The molecular formula is C19H19ClN4O. The Hall–Kier alpha value is -2.63. The van der Waals surface area contributed by atoms with E-state index < -0.39 is 0 Å². The lowest BCUT2D eigenvalue weighted by Crippen LogP contribution is -2.15. The summed E-state index contributed by atoms with van der Waals surface area (Å²) in [7, 11) is 0. The van der Waals surface area contributed by atoms with Gasteiger partial charge in [0.15, 0.2) is 5.82 Å². The van der Waals surface area contributed by atoms with Gasteiger partial charge in [-0.3, -0.25) is 9.48 Å². The first-order valence-electron chi connectivity index (χ1n) is 8.01. The number of rotatable bonds is 4. The molecule has 4 rings (SSSR count). The van der Waals surface area contributed by atoms with Crippen molar-refractivity contribution in [3.8, 4) is 0 Å². The van der Waals surface area contributed by atoms with Crippen molar-refractivity contribution in [2.45, 2.75) is 19.6 Å². The van der Waals surface area contributed by atoms with Crippen LogP contribution < -0.4 is 10.6 Å². The first-order valence-corrected chi connectivity index (χ1v) is 8.01. The number of halogens is 1. The van der Waals surface area contributed by atoms with Gasteiger partial charge in [-0.15, -0.1) is 12.4 Å². The summed E-state index contributed by atoms with van der Waals surface area (Å²) in [5, 5.41) is 10.9. The van der Waals surface area contributed by atoms with E-state index in [-0.39, 0.29) is 18.3 Å². The maximum Gasteiger partial charge on any atom is 0.256 e. The molecule has 3 aromatic rings. The molecule has 2 heterocycles. The van der Waals surface area contributed by atoms with E-state index >= 15 is 0 Å². The number of aromatic nitrogens is 2. The van der Waals surface area contributed by atoms with Crippen LogP contribution in [0.3, 0.4) is 0 Å². The number of carbonyl (C=O) groups excluding carboxylic acids is 1. The molecule has 1 amide bonds. The molecule has 0 aliphatic carbocycles. The summed E-state index contributed by atoms with van der Waals surface area (Å²) >= 11 is 0. The molecule has 25 heavy (non-hydrogen) atoms. The molecule has 0 fully saturated rings. The second-order valence-electron chi connectivity index (χ2n) is 5.84. The Balaban J connectivity index is 0.00000182. The van der Waals surface area contributed by atoms with Crippen LogP contribution in [0.4, 0.5) is 5.82 Å². The zero-order chi connectivity index (χ0) is 16.4. The largest absolute Gasteiger partial charge is 0.307 e. The van der Waals surface area contributed by atoms with Gasteiger partial charge in [-0.1, -0.05) is 48.5 Å². The third kappa shape index (κ3) is 3.57. The van der Waals surface area contributed by atoms with Crippen LogP contribution in [-0.2, 0) is 19.6 Å². The van der Waals surface area contributed by atoms with Gasteiger partial charge >= 0.3 is 0 Å². The minimum atomic E-state index is -0.130. The maximum atomic E-state index is 12.4. The lowest BCUT2D eigenvalue weighted by atomic mass is 10.2. The van der Waals surface area contributed by atoms with E-state index in [1.807, 2.05) is 41.1 Å². The van der Waals surface area contributed by atoms with E-state index in [2.05, 4.69) is 27.9 Å². The van der Waals surface area contributed by atoms with Crippen molar-refractivity contribution in [2.75, 3.05) is 5.32 Å². The molecule has 2 aromatic carbocycles. The number of fused-ring (bicyclic) bond motifs is 1. The van der Waals surface area contributed by atoms with Gasteiger partial charge in [0.2, 0.25) is 0 Å². The highest BCUT2D eigenvalue weighted by Gasteiger charge is 2.23. The first-order chi connectivity index (χ1) is 11.8. The fraction of sp³-hybridized carbons (Fsp3) is 0.158. The zero-order valence-corrected chi connectivity index (χ0v) is 14.4. The second kappa shape index (κ2) is 7.51. The van der Waals surface area contributed by atoms with Gasteiger partial charge in [0, 0.05) is 24.2 Å². The van der Waals surface area contributed by atoms with Gasteiger partial charge in [-0.05, 0) is 17.7 Å². The molecule has 0 saturated carbocycles. The average Bonchev–Trinajstić information content (AvgIpc) is 3.22. The topological polar surface area (TPSA) is 59.0 Å². The van der Waals surface area contributed by atoms with E-state index in [0.29, 0.717) is 17.9 Å². The normalized spacial score (nSPS) is 12.3. The molecule has 0 saturated heterocycles. The van der Waals surface area contributed by atoms with Crippen molar-refractivity contribution in [2.24, 2.45) is 0 Å². The van der Waals surface area contributed by atoms with E-state index in [9.17, 15) is 4.79 Å². The third-order valence-electron chi connectivity index (χ3n) is 4.20. The minimum Gasteiger partial charge on any atom is -0.307 e. The van der Waals surface area contributed by atoms with Gasteiger partial charge in [-0.2, -0.15) is 5.10 Å². The molecule has 1 aliphatic rings. The summed E-state index contributed by atoms with van der Waals surface area (Å²) < 4.78 is 1.98. The molecular weight excluding hydrogens is 336 g/mol. The summed E-state index contributed by atoms with van der Waals surface area (Å²) in [5.41, 5.74) is 4.04. The molecule has 2 N–H and O–H groups in total. The predicted molar refractivity (Wildman–Crippen MR) is 100.0 cm³/mol. The number of carbonyl (C=O) groups is 1. The first kappa shape index (κ1) is 17.2. The summed E-state index contributed by atoms with van der Waals surface area (Å²) in [4.78, 5) is 12.4. The second-order valence-corrected chi connectivity index (χ2v) is 5.84. The van der Waals surface area contributed by atoms with Crippen LogP contribution in [0.1, 0.15) is 27.2 Å². The highest BCUT2D eigenvalue weighted by Crippen LogP contribution is 2.25. The summed E-state index contributed by atoms with van der Waals surface area (Å²) in [5.74, 6) is 0.523. The van der Waals surface area contributed by atoms with Crippen LogP contribution >= 0.6 is 12.4 Å². The molecule has 1 aromatic heterocycles. The number of benzene rings is 2. The Morgan fingerprint density at radius 1 is 1.04 bits per heavy atom. The molecule has 0 unspecified atom stereocenters. The fourth-order valence-electron chi connectivity index (χ4n) is 2.98. The third-order valence-corrected chi connectivity index (χ3v) is 4.20.